The van der Waals surface area contributed by atoms with Gasteiger partial charge >= 0.3 is 0 Å². The molecule has 0 aliphatic heterocycles. The Morgan fingerprint density at radius 3 is 1.01 bits per heavy atom. The summed E-state index contributed by atoms with van der Waals surface area (Å²) in [5.74, 6) is 1.58. The van der Waals surface area contributed by atoms with Crippen molar-refractivity contribution in [2.45, 2.75) is 0 Å². The Hall–Kier alpha value is -11.7. The molecule has 12 aromatic carbocycles. The van der Waals surface area contributed by atoms with Crippen molar-refractivity contribution < 1.29 is 0 Å². The molecule has 0 amide bonds. The zero-order chi connectivity index (χ0) is 55.4. The van der Waals surface area contributed by atoms with Gasteiger partial charge in [0.15, 0.2) is 23.2 Å². The second-order valence-electron chi connectivity index (χ2n) is 21.4. The fourth-order valence-corrected chi connectivity index (χ4v) is 13.3. The summed E-state index contributed by atoms with van der Waals surface area (Å²) in [5.41, 5.74) is 17.0. The van der Waals surface area contributed by atoms with Crippen LogP contribution in [0.15, 0.2) is 279 Å². The maximum Gasteiger partial charge on any atom is 0.197 e. The first kappa shape index (κ1) is 47.2. The summed E-state index contributed by atoms with van der Waals surface area (Å²) < 4.78 is 9.50. The van der Waals surface area contributed by atoms with E-state index in [9.17, 15) is 0 Å². The quantitative estimate of drug-likeness (QED) is 0.142. The summed E-state index contributed by atoms with van der Waals surface area (Å²) in [6, 6.07) is 98.3. The molecule has 0 bridgehead atoms. The van der Waals surface area contributed by atoms with Gasteiger partial charge in [0.1, 0.15) is 0 Å². The highest BCUT2D eigenvalue weighted by Crippen LogP contribution is 2.49. The average Bonchev–Trinajstić information content (AvgIpc) is 1.83. The third-order valence-electron chi connectivity index (χ3n) is 16.8. The van der Waals surface area contributed by atoms with E-state index in [1.54, 1.807) is 0 Å². The lowest BCUT2D eigenvalue weighted by atomic mass is 9.93. The Labute approximate surface area is 482 Å². The Morgan fingerprint density at radius 1 is 0.262 bits per heavy atom. The van der Waals surface area contributed by atoms with E-state index in [2.05, 4.69) is 229 Å². The summed E-state index contributed by atoms with van der Waals surface area (Å²) in [6.07, 6.45) is 0. The molecule has 0 saturated heterocycles. The number of aromatic nitrogens is 7. The third kappa shape index (κ3) is 7.09. The summed E-state index contributed by atoms with van der Waals surface area (Å²) in [6.45, 7) is 9.17. The minimum Gasteiger partial charge on any atom is -0.310 e. The van der Waals surface area contributed by atoms with Crippen LogP contribution < -0.4 is 0 Å². The Kier molecular flexibility index (Phi) is 10.5. The van der Waals surface area contributed by atoms with Crippen LogP contribution in [0.5, 0.6) is 0 Å². The van der Waals surface area contributed by atoms with Crippen molar-refractivity contribution in [2.24, 2.45) is 0 Å². The second kappa shape index (κ2) is 18.7. The van der Waals surface area contributed by atoms with Crippen LogP contribution in [0.4, 0.5) is 5.69 Å². The lowest BCUT2D eigenvalue weighted by molar-refractivity contribution is 1.07. The van der Waals surface area contributed by atoms with Crippen molar-refractivity contribution in [2.75, 3.05) is 0 Å². The van der Waals surface area contributed by atoms with E-state index < -0.39 is 0 Å². The van der Waals surface area contributed by atoms with Gasteiger partial charge in [-0.2, -0.15) is 0 Å². The van der Waals surface area contributed by atoms with E-state index in [0.29, 0.717) is 23.2 Å². The van der Waals surface area contributed by atoms with Crippen LogP contribution in [-0.4, -0.2) is 33.2 Å². The van der Waals surface area contributed by atoms with E-state index in [1.807, 2.05) is 72.8 Å². The third-order valence-corrected chi connectivity index (χ3v) is 16.8. The van der Waals surface area contributed by atoms with Crippen LogP contribution in [0.1, 0.15) is 0 Å². The van der Waals surface area contributed by atoms with Crippen LogP contribution in [0, 0.1) is 6.57 Å². The van der Waals surface area contributed by atoms with Gasteiger partial charge in [-0.15, -0.1) is 0 Å². The fraction of sp³-hybridized carbons (Fsp3) is 0. The van der Waals surface area contributed by atoms with Crippen molar-refractivity contribution in [1.29, 1.82) is 0 Å². The van der Waals surface area contributed by atoms with Crippen molar-refractivity contribution in [1.82, 2.24) is 33.2 Å². The van der Waals surface area contributed by atoms with Gasteiger partial charge in [0, 0.05) is 88.0 Å². The van der Waals surface area contributed by atoms with E-state index >= 15 is 0 Å². The molecule has 0 aliphatic carbocycles. The first-order valence-electron chi connectivity index (χ1n) is 28.2. The van der Waals surface area contributed by atoms with Crippen molar-refractivity contribution >= 4 is 92.9 Å². The molecule has 84 heavy (non-hydrogen) atoms. The number of hydrogen-bond donors (Lipinski definition) is 0. The first-order chi connectivity index (χ1) is 41.7. The molecule has 0 atom stereocenters. The van der Waals surface area contributed by atoms with Crippen molar-refractivity contribution in [3.63, 3.8) is 0 Å². The number of benzene rings is 12. The Bertz CT molecular complexity index is 5420. The molecule has 0 saturated carbocycles. The maximum atomic E-state index is 9.17. The normalized spacial score (nSPS) is 11.8. The molecular weight excluding hydrogens is 1020 g/mol. The minimum absolute atomic E-state index is 0.484. The van der Waals surface area contributed by atoms with E-state index in [4.69, 9.17) is 21.5 Å². The van der Waals surface area contributed by atoms with E-state index in [1.165, 1.54) is 21.5 Å². The molecule has 0 radical (unpaired) electrons. The Balaban J connectivity index is 0.970. The molecule has 8 heteroatoms. The largest absolute Gasteiger partial charge is 0.310 e. The van der Waals surface area contributed by atoms with Crippen LogP contribution >= 0.6 is 0 Å². The smallest absolute Gasteiger partial charge is 0.197 e. The predicted octanol–water partition coefficient (Wildman–Crippen LogP) is 19.5. The zero-order valence-corrected chi connectivity index (χ0v) is 45.1. The lowest BCUT2D eigenvalue weighted by Crippen LogP contribution is -2.06. The van der Waals surface area contributed by atoms with Crippen molar-refractivity contribution in [3.8, 4) is 68.0 Å². The highest BCUT2D eigenvalue weighted by atomic mass is 15.1. The monoisotopic (exact) mass is 1070 g/mol. The molecule has 0 aliphatic rings. The van der Waals surface area contributed by atoms with E-state index in [-0.39, 0.29) is 0 Å². The van der Waals surface area contributed by atoms with Gasteiger partial charge in [-0.05, 0) is 84.9 Å². The molecule has 0 fully saturated rings. The van der Waals surface area contributed by atoms with Gasteiger partial charge in [-0.3, -0.25) is 0 Å². The summed E-state index contributed by atoms with van der Waals surface area (Å²) >= 11 is 0. The van der Waals surface area contributed by atoms with E-state index in [0.717, 1.165) is 116 Å². The van der Waals surface area contributed by atoms with Gasteiger partial charge in [-0.25, -0.2) is 19.8 Å². The Morgan fingerprint density at radius 2 is 0.595 bits per heavy atom. The molecule has 0 unspecified atom stereocenters. The van der Waals surface area contributed by atoms with Gasteiger partial charge in [0.05, 0.1) is 56.4 Å². The van der Waals surface area contributed by atoms with Gasteiger partial charge < -0.3 is 18.3 Å². The summed E-state index contributed by atoms with van der Waals surface area (Å²) in [4.78, 5) is 20.5. The van der Waals surface area contributed by atoms with Crippen LogP contribution in [0.25, 0.3) is 160 Å². The number of rotatable bonds is 8. The number of para-hydroxylation sites is 6. The standard InChI is InChI=1S/C76H46N8/c1-77-61-33-21-41-71(84-67-39-19-13-31-57(67)60-47-51(43-45-69(60)84)82-64-36-16-10-28-54(64)55-29-11-17-37-65(55)82)73(61)72-58(76-79-74(48-22-4-2-5-23-48)78-75(80-76)49-24-6-3-7-25-49)32-20-40-70(72)83-66-38-18-12-30-56(66)59-46-50(42-44-68(59)83)81-62-34-14-8-26-52(62)53-27-9-15-35-63(53)81/h2-47H. The SMILES string of the molecule is [C-]#[N+]c1cccc(-n2c3ccccc3c3cc(-n4c5ccccc5c5ccccc54)ccc32)c1-c1c(-c2nc(-c3ccccc3)nc(-c3ccccc3)n2)cccc1-n1c2ccccc2c2cc(-n3c4ccccc4c4ccccc43)ccc21. The average molecular weight is 1070 g/mol. The zero-order valence-electron chi connectivity index (χ0n) is 45.1. The molecule has 17 rings (SSSR count). The maximum absolute atomic E-state index is 9.17. The highest BCUT2D eigenvalue weighted by Gasteiger charge is 2.28. The van der Waals surface area contributed by atoms with Crippen LogP contribution in [0.2, 0.25) is 0 Å². The summed E-state index contributed by atoms with van der Waals surface area (Å²) in [7, 11) is 0. The molecule has 0 N–H and O–H groups in total. The molecule has 5 heterocycles. The molecule has 5 aromatic heterocycles. The molecule has 17 aromatic rings. The molecule has 8 nitrogen and oxygen atoms in total. The number of nitrogens with zero attached hydrogens (tertiary/aromatic N) is 8. The second-order valence-corrected chi connectivity index (χ2v) is 21.4. The van der Waals surface area contributed by atoms with Crippen LogP contribution in [-0.2, 0) is 0 Å². The van der Waals surface area contributed by atoms with Crippen LogP contribution in [0.3, 0.4) is 0 Å². The topological polar surface area (TPSA) is 62.8 Å². The number of fused-ring (bicyclic) bond motifs is 12. The van der Waals surface area contributed by atoms with Crippen molar-refractivity contribution in [3.05, 3.63) is 290 Å². The minimum atomic E-state index is 0.484. The highest BCUT2D eigenvalue weighted by molar-refractivity contribution is 6.16. The summed E-state index contributed by atoms with van der Waals surface area (Å²) in [5, 5.41) is 9.23. The van der Waals surface area contributed by atoms with Gasteiger partial charge in [0.25, 0.3) is 0 Å². The predicted molar refractivity (Wildman–Crippen MR) is 345 cm³/mol. The van der Waals surface area contributed by atoms with Gasteiger partial charge in [0.2, 0.25) is 0 Å². The fourth-order valence-electron chi connectivity index (χ4n) is 13.3. The first-order valence-corrected chi connectivity index (χ1v) is 28.2. The lowest BCUT2D eigenvalue weighted by Gasteiger charge is -2.22. The molecular formula is C76H46N8. The molecule has 390 valence electrons. The number of hydrogen-bond acceptors (Lipinski definition) is 3. The molecule has 0 spiro atoms. The van der Waals surface area contributed by atoms with Gasteiger partial charge in [-0.1, -0.05) is 194 Å².